The first kappa shape index (κ1) is 20.1. The van der Waals surface area contributed by atoms with Crippen LogP contribution in [0.5, 0.6) is 11.5 Å². The lowest BCUT2D eigenvalue weighted by Crippen LogP contribution is -2.32. The summed E-state index contributed by atoms with van der Waals surface area (Å²) in [6, 6.07) is 13.8. The zero-order valence-corrected chi connectivity index (χ0v) is 16.0. The molecule has 3 rings (SSSR count). The molecular weight excluding hydrogens is 377 g/mol. The number of ether oxygens (including phenoxy) is 2. The second-order valence-corrected chi connectivity index (χ2v) is 6.08. The van der Waals surface area contributed by atoms with E-state index in [0.29, 0.717) is 28.3 Å². The van der Waals surface area contributed by atoms with Gasteiger partial charge in [0.15, 0.2) is 11.5 Å². The topological polar surface area (TPSA) is 82.5 Å². The molecule has 2 aromatic carbocycles. The second-order valence-electron chi connectivity index (χ2n) is 6.08. The van der Waals surface area contributed by atoms with Gasteiger partial charge in [0.05, 0.1) is 32.0 Å². The predicted octanol–water partition coefficient (Wildman–Crippen LogP) is 2.50. The quantitative estimate of drug-likeness (QED) is 0.662. The molecule has 0 unspecified atom stereocenters. The van der Waals surface area contributed by atoms with Crippen LogP contribution in [0.15, 0.2) is 59.4 Å². The van der Waals surface area contributed by atoms with Gasteiger partial charge in [-0.3, -0.25) is 9.59 Å². The third-order valence-electron chi connectivity index (χ3n) is 4.26. The fourth-order valence-electron chi connectivity index (χ4n) is 2.82. The molecule has 3 aromatic rings. The summed E-state index contributed by atoms with van der Waals surface area (Å²) < 4.78 is 24.8. The van der Waals surface area contributed by atoms with E-state index in [1.807, 2.05) is 0 Å². The van der Waals surface area contributed by atoms with Gasteiger partial charge in [0.25, 0.3) is 11.5 Å². The molecule has 1 N–H and O–H groups in total. The van der Waals surface area contributed by atoms with E-state index in [2.05, 4.69) is 10.4 Å². The SMILES string of the molecule is COc1cccc(C(=O)NCCn2nc(-c3ccc(F)cc3)ccc2=O)c1OC. The van der Waals surface area contributed by atoms with E-state index in [1.165, 1.54) is 37.1 Å². The van der Waals surface area contributed by atoms with Crippen molar-refractivity contribution < 1.29 is 18.7 Å². The van der Waals surface area contributed by atoms with Crippen molar-refractivity contribution in [1.82, 2.24) is 15.1 Å². The van der Waals surface area contributed by atoms with Crippen molar-refractivity contribution in [2.45, 2.75) is 6.54 Å². The molecule has 0 aliphatic rings. The molecule has 29 heavy (non-hydrogen) atoms. The van der Waals surface area contributed by atoms with Crippen molar-refractivity contribution in [3.63, 3.8) is 0 Å². The molecule has 1 heterocycles. The van der Waals surface area contributed by atoms with Crippen LogP contribution < -0.4 is 20.3 Å². The van der Waals surface area contributed by atoms with Gasteiger partial charge in [-0.2, -0.15) is 5.10 Å². The highest BCUT2D eigenvalue weighted by Crippen LogP contribution is 2.30. The van der Waals surface area contributed by atoms with Crippen molar-refractivity contribution in [1.29, 1.82) is 0 Å². The minimum atomic E-state index is -0.358. The first-order valence-corrected chi connectivity index (χ1v) is 8.87. The lowest BCUT2D eigenvalue weighted by Gasteiger charge is -2.13. The Labute approximate surface area is 166 Å². The molecule has 0 saturated heterocycles. The fraction of sp³-hybridized carbons (Fsp3) is 0.190. The van der Waals surface area contributed by atoms with Gasteiger partial charge in [0.2, 0.25) is 0 Å². The normalized spacial score (nSPS) is 10.4. The van der Waals surface area contributed by atoms with Crippen LogP contribution in [0.2, 0.25) is 0 Å². The number of benzene rings is 2. The van der Waals surface area contributed by atoms with Crippen LogP contribution in [-0.2, 0) is 6.54 Å². The molecule has 0 radical (unpaired) electrons. The second kappa shape index (κ2) is 9.01. The molecule has 8 heteroatoms. The number of hydrogen-bond acceptors (Lipinski definition) is 5. The van der Waals surface area contributed by atoms with Crippen LogP contribution in [0.3, 0.4) is 0 Å². The van der Waals surface area contributed by atoms with E-state index in [1.54, 1.807) is 36.4 Å². The standard InChI is InChI=1S/C21H20FN3O4/c1-28-18-5-3-4-16(20(18)29-2)21(27)23-12-13-25-19(26)11-10-17(24-25)14-6-8-15(22)9-7-14/h3-11H,12-13H2,1-2H3,(H,23,27). The maximum absolute atomic E-state index is 13.1. The minimum absolute atomic E-state index is 0.173. The minimum Gasteiger partial charge on any atom is -0.493 e. The Kier molecular flexibility index (Phi) is 6.23. The van der Waals surface area contributed by atoms with Gasteiger partial charge in [-0.05, 0) is 42.5 Å². The number of halogens is 1. The van der Waals surface area contributed by atoms with E-state index in [-0.39, 0.29) is 30.4 Å². The summed E-state index contributed by atoms with van der Waals surface area (Å²) in [5, 5.41) is 7.03. The van der Waals surface area contributed by atoms with E-state index in [0.717, 1.165) is 0 Å². The number of amides is 1. The number of nitrogens with zero attached hydrogens (tertiary/aromatic N) is 2. The Morgan fingerprint density at radius 3 is 2.52 bits per heavy atom. The van der Waals surface area contributed by atoms with Crippen LogP contribution in [-0.4, -0.2) is 36.5 Å². The van der Waals surface area contributed by atoms with E-state index < -0.39 is 0 Å². The van der Waals surface area contributed by atoms with Gasteiger partial charge in [0.1, 0.15) is 5.82 Å². The average molecular weight is 397 g/mol. The molecular formula is C21H20FN3O4. The Morgan fingerprint density at radius 2 is 1.83 bits per heavy atom. The number of rotatable bonds is 7. The van der Waals surface area contributed by atoms with Crippen molar-refractivity contribution >= 4 is 5.91 Å². The first-order valence-electron chi connectivity index (χ1n) is 8.87. The molecule has 0 fully saturated rings. The maximum Gasteiger partial charge on any atom is 0.266 e. The number of methoxy groups -OCH3 is 2. The maximum atomic E-state index is 13.1. The van der Waals surface area contributed by atoms with E-state index >= 15 is 0 Å². The van der Waals surface area contributed by atoms with E-state index in [9.17, 15) is 14.0 Å². The number of nitrogens with one attached hydrogen (secondary N) is 1. The summed E-state index contributed by atoms with van der Waals surface area (Å²) in [7, 11) is 2.95. The Hall–Kier alpha value is -3.68. The van der Waals surface area contributed by atoms with Crippen molar-refractivity contribution in [3.8, 4) is 22.8 Å². The zero-order valence-electron chi connectivity index (χ0n) is 16.0. The summed E-state index contributed by atoms with van der Waals surface area (Å²) in [4.78, 5) is 24.6. The largest absolute Gasteiger partial charge is 0.493 e. The number of hydrogen-bond donors (Lipinski definition) is 1. The molecule has 0 spiro atoms. The van der Waals surface area contributed by atoms with Crippen LogP contribution in [0.4, 0.5) is 4.39 Å². The summed E-state index contributed by atoms with van der Waals surface area (Å²) in [5.41, 5.74) is 1.24. The van der Waals surface area contributed by atoms with Crippen molar-refractivity contribution in [3.05, 3.63) is 76.3 Å². The van der Waals surface area contributed by atoms with Crippen LogP contribution in [0, 0.1) is 5.82 Å². The molecule has 150 valence electrons. The summed E-state index contributed by atoms with van der Waals surface area (Å²) in [5.74, 6) is 0.0763. The predicted molar refractivity (Wildman–Crippen MR) is 106 cm³/mol. The van der Waals surface area contributed by atoms with Gasteiger partial charge < -0.3 is 14.8 Å². The lowest BCUT2D eigenvalue weighted by molar-refractivity contribution is 0.0948. The zero-order chi connectivity index (χ0) is 20.8. The Balaban J connectivity index is 1.71. The molecule has 0 bridgehead atoms. The number of carbonyl (C=O) groups is 1. The number of aromatic nitrogens is 2. The highest BCUT2D eigenvalue weighted by atomic mass is 19.1. The highest BCUT2D eigenvalue weighted by Gasteiger charge is 2.16. The van der Waals surface area contributed by atoms with Crippen molar-refractivity contribution in [2.75, 3.05) is 20.8 Å². The van der Waals surface area contributed by atoms with Gasteiger partial charge in [-0.1, -0.05) is 6.07 Å². The summed E-state index contributed by atoms with van der Waals surface area (Å²) in [6.45, 7) is 0.352. The molecule has 0 saturated carbocycles. The third kappa shape index (κ3) is 4.60. The van der Waals surface area contributed by atoms with Crippen LogP contribution in [0.1, 0.15) is 10.4 Å². The molecule has 7 nitrogen and oxygen atoms in total. The fourth-order valence-corrected chi connectivity index (χ4v) is 2.82. The Morgan fingerprint density at radius 1 is 1.07 bits per heavy atom. The first-order chi connectivity index (χ1) is 14.0. The smallest absolute Gasteiger partial charge is 0.266 e. The van der Waals surface area contributed by atoms with Gasteiger partial charge in [-0.15, -0.1) is 0 Å². The highest BCUT2D eigenvalue weighted by molar-refractivity contribution is 5.97. The van der Waals surface area contributed by atoms with Gasteiger partial charge >= 0.3 is 0 Å². The number of carbonyl (C=O) groups excluding carboxylic acids is 1. The molecule has 0 aliphatic carbocycles. The lowest BCUT2D eigenvalue weighted by atomic mass is 10.1. The molecule has 0 atom stereocenters. The van der Waals surface area contributed by atoms with Gasteiger partial charge in [0, 0.05) is 18.2 Å². The Bertz CT molecular complexity index is 1060. The van der Waals surface area contributed by atoms with Crippen LogP contribution >= 0.6 is 0 Å². The molecule has 0 aliphatic heterocycles. The van der Waals surface area contributed by atoms with Crippen LogP contribution in [0.25, 0.3) is 11.3 Å². The van der Waals surface area contributed by atoms with Crippen molar-refractivity contribution in [2.24, 2.45) is 0 Å². The monoisotopic (exact) mass is 397 g/mol. The average Bonchev–Trinajstić information content (AvgIpc) is 2.74. The van der Waals surface area contributed by atoms with Gasteiger partial charge in [-0.25, -0.2) is 9.07 Å². The summed E-state index contributed by atoms with van der Waals surface area (Å²) >= 11 is 0. The van der Waals surface area contributed by atoms with E-state index in [4.69, 9.17) is 9.47 Å². The molecule has 1 aromatic heterocycles. The third-order valence-corrected chi connectivity index (χ3v) is 4.26. The summed E-state index contributed by atoms with van der Waals surface area (Å²) in [6.07, 6.45) is 0. The molecule has 1 amide bonds. The number of para-hydroxylation sites is 1.